The largest absolute Gasteiger partial charge is 0.460 e. The topological polar surface area (TPSA) is 81.7 Å². The van der Waals surface area contributed by atoms with Crippen molar-refractivity contribution >= 4 is 5.97 Å². The summed E-state index contributed by atoms with van der Waals surface area (Å²) in [6, 6.07) is 10.0. The van der Waals surface area contributed by atoms with Crippen LogP contribution in [0.3, 0.4) is 0 Å². The zero-order valence-corrected chi connectivity index (χ0v) is 18.6. The molecule has 1 aromatic rings. The van der Waals surface area contributed by atoms with Crippen LogP contribution in [-0.4, -0.2) is 85.3 Å². The zero-order valence-electron chi connectivity index (χ0n) is 18.6. The summed E-state index contributed by atoms with van der Waals surface area (Å²) in [4.78, 5) is 11.1. The molecule has 1 rings (SSSR count). The Balaban J connectivity index is 1.69. The number of carbonyl (C=O) groups excluding carboxylic acids is 1. The summed E-state index contributed by atoms with van der Waals surface area (Å²) in [6.45, 7) is 11.3. The summed E-state index contributed by atoms with van der Waals surface area (Å²) in [5.41, 5.74) is 1.53. The maximum Gasteiger partial charge on any atom is 0.333 e. The summed E-state index contributed by atoms with van der Waals surface area (Å²) >= 11 is 0. The normalized spacial score (nSPS) is 10.9. The lowest BCUT2D eigenvalue weighted by Crippen LogP contribution is -2.15. The number of rotatable bonds is 21. The van der Waals surface area contributed by atoms with Crippen LogP contribution in [-0.2, 0) is 44.6 Å². The lowest BCUT2D eigenvalue weighted by Gasteiger charge is -2.08. The second kappa shape index (κ2) is 20.1. The van der Waals surface area contributed by atoms with Crippen LogP contribution >= 0.6 is 0 Å². The summed E-state index contributed by atoms with van der Waals surface area (Å²) in [5.74, 6) is -0.405. The quantitative estimate of drug-likeness (QED) is 0.164. The van der Waals surface area contributed by atoms with Gasteiger partial charge in [0.05, 0.1) is 79.3 Å². The van der Waals surface area contributed by atoms with Gasteiger partial charge in [-0.25, -0.2) is 4.79 Å². The van der Waals surface area contributed by atoms with E-state index in [-0.39, 0.29) is 6.61 Å². The van der Waals surface area contributed by atoms with Crippen LogP contribution in [0, 0.1) is 0 Å². The van der Waals surface area contributed by atoms with Gasteiger partial charge in [-0.3, -0.25) is 0 Å². The second-order valence-corrected chi connectivity index (χ2v) is 6.52. The number of hydrogen-bond acceptors (Lipinski definition) is 8. The highest BCUT2D eigenvalue weighted by Gasteiger charge is 2.01. The lowest BCUT2D eigenvalue weighted by molar-refractivity contribution is -0.140. The Hall–Kier alpha value is -1.81. The van der Waals surface area contributed by atoms with Crippen LogP contribution in [0.5, 0.6) is 0 Å². The van der Waals surface area contributed by atoms with Gasteiger partial charge in [-0.1, -0.05) is 36.9 Å². The van der Waals surface area contributed by atoms with E-state index in [1.165, 1.54) is 0 Å². The summed E-state index contributed by atoms with van der Waals surface area (Å²) < 4.78 is 37.4. The highest BCUT2D eigenvalue weighted by molar-refractivity contribution is 5.86. The van der Waals surface area contributed by atoms with E-state index < -0.39 is 5.97 Å². The molecule has 0 heterocycles. The Bertz CT molecular complexity index is 564. The van der Waals surface area contributed by atoms with Gasteiger partial charge in [0.1, 0.15) is 6.61 Å². The zero-order chi connectivity index (χ0) is 22.4. The molecule has 0 bridgehead atoms. The minimum Gasteiger partial charge on any atom is -0.460 e. The highest BCUT2D eigenvalue weighted by atomic mass is 16.6. The molecule has 1 aromatic carbocycles. The van der Waals surface area contributed by atoms with Crippen molar-refractivity contribution in [2.24, 2.45) is 0 Å². The predicted molar refractivity (Wildman–Crippen MR) is 116 cm³/mol. The molecule has 0 aliphatic heterocycles. The maximum absolute atomic E-state index is 11.1. The van der Waals surface area contributed by atoms with Crippen molar-refractivity contribution in [3.05, 3.63) is 48.0 Å². The van der Waals surface area contributed by atoms with Gasteiger partial charge >= 0.3 is 5.97 Å². The SMILES string of the molecule is C=C(C)C(=O)OCCOCCOCCOCCOCCOCCOCc1ccccc1. The first-order chi connectivity index (χ1) is 15.2. The molecule has 31 heavy (non-hydrogen) atoms. The van der Waals surface area contributed by atoms with Gasteiger partial charge in [-0.15, -0.1) is 0 Å². The fourth-order valence-corrected chi connectivity index (χ4v) is 2.18. The molecule has 0 N–H and O–H groups in total. The minimum absolute atomic E-state index is 0.210. The number of hydrogen-bond donors (Lipinski definition) is 0. The Morgan fingerprint density at radius 1 is 0.645 bits per heavy atom. The van der Waals surface area contributed by atoms with Gasteiger partial charge in [0.15, 0.2) is 0 Å². The van der Waals surface area contributed by atoms with Crippen molar-refractivity contribution in [3.8, 4) is 0 Å². The summed E-state index contributed by atoms with van der Waals surface area (Å²) in [7, 11) is 0. The molecule has 0 aromatic heterocycles. The predicted octanol–water partition coefficient (Wildman–Crippen LogP) is 2.41. The molecule has 0 spiro atoms. The molecule has 176 valence electrons. The van der Waals surface area contributed by atoms with E-state index in [0.717, 1.165) is 5.56 Å². The highest BCUT2D eigenvalue weighted by Crippen LogP contribution is 2.00. The lowest BCUT2D eigenvalue weighted by atomic mass is 10.2. The average molecular weight is 441 g/mol. The van der Waals surface area contributed by atoms with Gasteiger partial charge in [0.25, 0.3) is 0 Å². The van der Waals surface area contributed by atoms with Gasteiger partial charge in [-0.2, -0.15) is 0 Å². The van der Waals surface area contributed by atoms with Crippen molar-refractivity contribution in [2.45, 2.75) is 13.5 Å². The fourth-order valence-electron chi connectivity index (χ4n) is 2.18. The van der Waals surface area contributed by atoms with E-state index in [9.17, 15) is 4.79 Å². The van der Waals surface area contributed by atoms with Crippen molar-refractivity contribution in [1.29, 1.82) is 0 Å². The van der Waals surface area contributed by atoms with E-state index in [4.69, 9.17) is 33.2 Å². The number of esters is 1. The van der Waals surface area contributed by atoms with E-state index in [1.807, 2.05) is 30.3 Å². The van der Waals surface area contributed by atoms with E-state index in [1.54, 1.807) is 6.92 Å². The van der Waals surface area contributed by atoms with E-state index >= 15 is 0 Å². The summed E-state index contributed by atoms with van der Waals surface area (Å²) in [6.07, 6.45) is 0. The number of benzene rings is 1. The Morgan fingerprint density at radius 2 is 1.03 bits per heavy atom. The molecule has 0 saturated heterocycles. The third kappa shape index (κ3) is 17.6. The van der Waals surface area contributed by atoms with Crippen LogP contribution in [0.4, 0.5) is 0 Å². The summed E-state index contributed by atoms with van der Waals surface area (Å²) in [5, 5.41) is 0. The van der Waals surface area contributed by atoms with Gasteiger partial charge in [0, 0.05) is 5.57 Å². The minimum atomic E-state index is -0.405. The molecule has 0 atom stereocenters. The van der Waals surface area contributed by atoms with Crippen LogP contribution in [0.2, 0.25) is 0 Å². The third-order valence-corrected chi connectivity index (χ3v) is 3.78. The molecular formula is C23H36O8. The molecule has 0 aliphatic rings. The first-order valence-corrected chi connectivity index (χ1v) is 10.5. The molecule has 0 unspecified atom stereocenters. The van der Waals surface area contributed by atoms with Crippen LogP contribution < -0.4 is 0 Å². The molecule has 8 heteroatoms. The smallest absolute Gasteiger partial charge is 0.333 e. The van der Waals surface area contributed by atoms with E-state index in [2.05, 4.69) is 6.58 Å². The molecule has 0 saturated carbocycles. The first-order valence-electron chi connectivity index (χ1n) is 10.5. The number of ether oxygens (including phenoxy) is 7. The van der Waals surface area contributed by atoms with Crippen molar-refractivity contribution in [2.75, 3.05) is 79.3 Å². The maximum atomic E-state index is 11.1. The van der Waals surface area contributed by atoms with Crippen LogP contribution in [0.25, 0.3) is 0 Å². The molecule has 0 radical (unpaired) electrons. The van der Waals surface area contributed by atoms with E-state index in [0.29, 0.717) is 84.9 Å². The van der Waals surface area contributed by atoms with Crippen molar-refractivity contribution in [1.82, 2.24) is 0 Å². The van der Waals surface area contributed by atoms with Gasteiger partial charge in [-0.05, 0) is 12.5 Å². The van der Waals surface area contributed by atoms with Gasteiger partial charge < -0.3 is 33.2 Å². The Morgan fingerprint density at radius 3 is 1.45 bits per heavy atom. The monoisotopic (exact) mass is 440 g/mol. The average Bonchev–Trinajstić information content (AvgIpc) is 2.78. The Labute approximate surface area is 185 Å². The Kier molecular flexibility index (Phi) is 17.7. The second-order valence-electron chi connectivity index (χ2n) is 6.52. The van der Waals surface area contributed by atoms with Crippen molar-refractivity contribution < 1.29 is 38.0 Å². The van der Waals surface area contributed by atoms with Crippen molar-refractivity contribution in [3.63, 3.8) is 0 Å². The van der Waals surface area contributed by atoms with Gasteiger partial charge in [0.2, 0.25) is 0 Å². The molecule has 8 nitrogen and oxygen atoms in total. The molecule has 0 aliphatic carbocycles. The number of carbonyl (C=O) groups is 1. The molecular weight excluding hydrogens is 404 g/mol. The molecule has 0 fully saturated rings. The third-order valence-electron chi connectivity index (χ3n) is 3.78. The van der Waals surface area contributed by atoms with Crippen LogP contribution in [0.1, 0.15) is 12.5 Å². The standard InChI is InChI=1S/C23H36O8/c1-21(2)23(24)31-19-18-29-15-14-27-11-10-25-8-9-26-12-13-28-16-17-30-20-22-6-4-3-5-7-22/h3-7H,1,8-20H2,2H3. The first kappa shape index (κ1) is 27.2. The van der Waals surface area contributed by atoms with Crippen LogP contribution in [0.15, 0.2) is 42.5 Å². The fraction of sp³-hybridized carbons (Fsp3) is 0.609. The molecule has 0 amide bonds.